The maximum absolute atomic E-state index is 12.9. The lowest BCUT2D eigenvalue weighted by molar-refractivity contribution is -0.153. The van der Waals surface area contributed by atoms with E-state index in [0.717, 1.165) is 38.6 Å². The highest BCUT2D eigenvalue weighted by Crippen LogP contribution is 2.37. The predicted octanol–water partition coefficient (Wildman–Crippen LogP) is 8.39. The highest BCUT2D eigenvalue weighted by Gasteiger charge is 2.36. The first-order chi connectivity index (χ1) is 18.4. The van der Waals surface area contributed by atoms with Gasteiger partial charge in [-0.2, -0.15) is 13.2 Å². The van der Waals surface area contributed by atoms with Crippen molar-refractivity contribution in [2.24, 2.45) is 0 Å². The van der Waals surface area contributed by atoms with Crippen LogP contribution >= 0.6 is 11.3 Å². The molecule has 2 atom stereocenters. The predicted molar refractivity (Wildman–Crippen MR) is 147 cm³/mol. The van der Waals surface area contributed by atoms with Crippen molar-refractivity contribution >= 4 is 17.3 Å². The topological polar surface area (TPSA) is 55.8 Å². The molecule has 1 N–H and O–H groups in total. The normalized spacial score (nSPS) is 13.9. The van der Waals surface area contributed by atoms with E-state index in [1.165, 1.54) is 12.1 Å². The molecular weight excluding hydrogens is 525 g/mol. The van der Waals surface area contributed by atoms with Crippen LogP contribution < -0.4 is 9.47 Å². The Kier molecular flexibility index (Phi) is 8.35. The third kappa shape index (κ3) is 7.00. The second-order valence-corrected chi connectivity index (χ2v) is 10.8. The van der Waals surface area contributed by atoms with E-state index in [1.807, 2.05) is 50.2 Å². The first-order valence-corrected chi connectivity index (χ1v) is 13.2. The van der Waals surface area contributed by atoms with Gasteiger partial charge in [-0.1, -0.05) is 49.4 Å². The van der Waals surface area contributed by atoms with Crippen molar-refractivity contribution in [1.29, 1.82) is 0 Å². The average Bonchev–Trinajstić information content (AvgIpc) is 3.30. The number of carboxylic acid groups (broad SMARTS) is 1. The number of para-hydroxylation sites is 1. The molecule has 0 radical (unpaired) electrons. The summed E-state index contributed by atoms with van der Waals surface area (Å²) < 4.78 is 50.5. The number of halogens is 3. The monoisotopic (exact) mass is 554 g/mol. The van der Waals surface area contributed by atoms with Crippen LogP contribution in [0.25, 0.3) is 10.4 Å². The molecule has 39 heavy (non-hydrogen) atoms. The van der Waals surface area contributed by atoms with Gasteiger partial charge in [-0.25, -0.2) is 4.79 Å². The van der Waals surface area contributed by atoms with E-state index in [9.17, 15) is 23.1 Å². The number of rotatable bonds is 10. The van der Waals surface area contributed by atoms with Gasteiger partial charge in [0.25, 0.3) is 0 Å². The summed E-state index contributed by atoms with van der Waals surface area (Å²) in [6.07, 6.45) is -4.18. The van der Waals surface area contributed by atoms with Crippen LogP contribution in [0.1, 0.15) is 41.3 Å². The Balaban J connectivity index is 1.38. The van der Waals surface area contributed by atoms with Gasteiger partial charge >= 0.3 is 12.1 Å². The molecule has 4 aromatic rings. The van der Waals surface area contributed by atoms with Crippen LogP contribution in [0.5, 0.6) is 11.5 Å². The lowest BCUT2D eigenvalue weighted by Crippen LogP contribution is -2.43. The molecule has 0 fully saturated rings. The zero-order valence-electron chi connectivity index (χ0n) is 21.8. The molecule has 4 nitrogen and oxygen atoms in total. The van der Waals surface area contributed by atoms with Crippen molar-refractivity contribution in [3.05, 3.63) is 106 Å². The Morgan fingerprint density at radius 1 is 0.949 bits per heavy atom. The summed E-state index contributed by atoms with van der Waals surface area (Å²) in [4.78, 5) is 14.0. The molecule has 0 saturated heterocycles. The molecule has 204 valence electrons. The minimum absolute atomic E-state index is 0.0625. The molecule has 0 saturated carbocycles. The van der Waals surface area contributed by atoms with E-state index in [-0.39, 0.29) is 12.3 Å². The third-order valence-corrected chi connectivity index (χ3v) is 7.92. The van der Waals surface area contributed by atoms with Crippen LogP contribution in [0.15, 0.2) is 84.9 Å². The lowest BCUT2D eigenvalue weighted by Gasteiger charge is -2.26. The number of carboxylic acids is 1. The van der Waals surface area contributed by atoms with Gasteiger partial charge in [0.1, 0.15) is 11.5 Å². The van der Waals surface area contributed by atoms with E-state index < -0.39 is 23.3 Å². The van der Waals surface area contributed by atoms with Gasteiger partial charge in [0, 0.05) is 22.1 Å². The van der Waals surface area contributed by atoms with Crippen molar-refractivity contribution in [3.8, 4) is 21.9 Å². The molecule has 8 heteroatoms. The van der Waals surface area contributed by atoms with Crippen molar-refractivity contribution in [1.82, 2.24) is 0 Å². The van der Waals surface area contributed by atoms with Gasteiger partial charge in [-0.3, -0.25) is 0 Å². The zero-order chi connectivity index (χ0) is 28.2. The molecule has 0 aliphatic rings. The Morgan fingerprint density at radius 2 is 1.59 bits per heavy atom. The summed E-state index contributed by atoms with van der Waals surface area (Å²) in [5.41, 5.74) is 0.512. The molecule has 0 aliphatic carbocycles. The minimum atomic E-state index is -4.36. The number of alkyl halides is 3. The number of aryl methyl sites for hydroxylation is 1. The molecule has 4 rings (SSSR count). The second-order valence-electron chi connectivity index (χ2n) is 9.72. The number of carbonyl (C=O) groups is 1. The average molecular weight is 555 g/mol. The highest BCUT2D eigenvalue weighted by atomic mass is 32.1. The molecule has 0 spiro atoms. The molecule has 0 amide bonds. The van der Waals surface area contributed by atoms with Gasteiger partial charge in [-0.05, 0) is 73.0 Å². The van der Waals surface area contributed by atoms with Gasteiger partial charge < -0.3 is 14.6 Å². The van der Waals surface area contributed by atoms with Crippen molar-refractivity contribution in [2.45, 2.75) is 44.9 Å². The third-order valence-electron chi connectivity index (χ3n) is 6.40. The molecule has 1 heterocycles. The zero-order valence-corrected chi connectivity index (χ0v) is 22.6. The van der Waals surface area contributed by atoms with E-state index in [0.29, 0.717) is 18.1 Å². The first-order valence-electron chi connectivity index (χ1n) is 12.4. The standard InChI is InChI=1S/C31H29F3O4S/c1-20-17-27(23-11-13-24(14-12-23)31(32,33)34)39-28(20)21(2)19-37-25-15-9-22(10-16-25)18-30(3,29(35)36)38-26-7-5-4-6-8-26/h4-17,21H,18-19H2,1-3H3,(H,35,36)/t21?,30-/m0/s1. The van der Waals surface area contributed by atoms with E-state index in [1.54, 1.807) is 42.5 Å². The Hall–Kier alpha value is -3.78. The Morgan fingerprint density at radius 3 is 2.18 bits per heavy atom. The number of hydrogen-bond acceptors (Lipinski definition) is 4. The summed E-state index contributed by atoms with van der Waals surface area (Å²) in [5.74, 6) is 0.153. The van der Waals surface area contributed by atoms with Gasteiger partial charge in [0.05, 0.1) is 12.2 Å². The lowest BCUT2D eigenvalue weighted by atomic mass is 9.96. The van der Waals surface area contributed by atoms with Crippen molar-refractivity contribution in [3.63, 3.8) is 0 Å². The summed E-state index contributed by atoms with van der Waals surface area (Å²) >= 11 is 1.55. The Bertz CT molecular complexity index is 1400. The number of thiophene rings is 1. The second kappa shape index (κ2) is 11.5. The molecule has 0 aliphatic heterocycles. The number of hydrogen-bond donors (Lipinski definition) is 1. The first kappa shape index (κ1) is 28.2. The van der Waals surface area contributed by atoms with Crippen LogP contribution in [-0.4, -0.2) is 23.3 Å². The fourth-order valence-corrected chi connectivity index (χ4v) is 5.46. The molecular formula is C31H29F3O4S. The number of ether oxygens (including phenoxy) is 2. The largest absolute Gasteiger partial charge is 0.493 e. The highest BCUT2D eigenvalue weighted by molar-refractivity contribution is 7.15. The molecule has 1 aromatic heterocycles. The maximum Gasteiger partial charge on any atom is 0.416 e. The van der Waals surface area contributed by atoms with Crippen LogP contribution in [0.2, 0.25) is 0 Å². The summed E-state index contributed by atoms with van der Waals surface area (Å²) in [5, 5.41) is 9.81. The van der Waals surface area contributed by atoms with Gasteiger partial charge in [0.2, 0.25) is 5.60 Å². The fourth-order valence-electron chi connectivity index (χ4n) is 4.25. The quantitative estimate of drug-likeness (QED) is 0.214. The van der Waals surface area contributed by atoms with E-state index in [2.05, 4.69) is 0 Å². The Labute approximate surface area is 229 Å². The fraction of sp³-hybridized carbons (Fsp3) is 0.258. The van der Waals surface area contributed by atoms with Gasteiger partial charge in [-0.15, -0.1) is 11.3 Å². The van der Waals surface area contributed by atoms with Crippen LogP contribution in [0.4, 0.5) is 13.2 Å². The van der Waals surface area contributed by atoms with Crippen molar-refractivity contribution in [2.75, 3.05) is 6.61 Å². The smallest absolute Gasteiger partial charge is 0.416 e. The SMILES string of the molecule is Cc1cc(-c2ccc(C(F)(F)F)cc2)sc1C(C)COc1ccc(C[C@](C)(Oc2ccccc2)C(=O)O)cc1. The molecule has 3 aromatic carbocycles. The van der Waals surface area contributed by atoms with Crippen molar-refractivity contribution < 1.29 is 32.5 Å². The maximum atomic E-state index is 12.9. The van der Waals surface area contributed by atoms with E-state index >= 15 is 0 Å². The number of benzene rings is 3. The van der Waals surface area contributed by atoms with Crippen LogP contribution in [-0.2, 0) is 17.4 Å². The van der Waals surface area contributed by atoms with Crippen LogP contribution in [0.3, 0.4) is 0 Å². The summed E-state index contributed by atoms with van der Waals surface area (Å²) in [6, 6.07) is 23.3. The summed E-state index contributed by atoms with van der Waals surface area (Å²) in [7, 11) is 0. The van der Waals surface area contributed by atoms with Gasteiger partial charge in [0.15, 0.2) is 0 Å². The number of aliphatic carboxylic acids is 1. The summed E-state index contributed by atoms with van der Waals surface area (Å²) in [6.45, 7) is 6.00. The molecule has 1 unspecified atom stereocenters. The molecule has 0 bridgehead atoms. The van der Waals surface area contributed by atoms with E-state index in [4.69, 9.17) is 9.47 Å². The minimum Gasteiger partial charge on any atom is -0.493 e. The van der Waals surface area contributed by atoms with Crippen LogP contribution in [0, 0.1) is 6.92 Å².